The smallest absolute Gasteiger partial charge is 0.378 e. The van der Waals surface area contributed by atoms with Gasteiger partial charge in [-0.15, -0.1) is 0 Å². The van der Waals surface area contributed by atoms with Crippen LogP contribution in [0.5, 0.6) is 5.75 Å². The molecule has 0 heterocycles. The highest BCUT2D eigenvalue weighted by Crippen LogP contribution is 2.22. The van der Waals surface area contributed by atoms with Crippen LogP contribution >= 0.6 is 22.6 Å². The van der Waals surface area contributed by atoms with E-state index in [1.165, 1.54) is 18.2 Å². The average molecular weight is 372 g/mol. The van der Waals surface area contributed by atoms with E-state index in [9.17, 15) is 23.5 Å². The zero-order valence-corrected chi connectivity index (χ0v) is 10.8. The molecule has 0 amide bonds. The van der Waals surface area contributed by atoms with Gasteiger partial charge in [-0.05, 0) is 40.8 Å². The van der Waals surface area contributed by atoms with Crippen molar-refractivity contribution in [2.24, 2.45) is 0 Å². The predicted molar refractivity (Wildman–Crippen MR) is 63.7 cm³/mol. The second kappa shape index (κ2) is 5.46. The Morgan fingerprint density at radius 1 is 1.39 bits per heavy atom. The maximum absolute atomic E-state index is 12.7. The fourth-order valence-electron chi connectivity index (χ4n) is 0.967. The Balaban J connectivity index is 2.78. The Morgan fingerprint density at radius 3 is 2.56 bits per heavy atom. The molecule has 1 rings (SSSR count). The number of ether oxygens (including phenoxy) is 1. The van der Waals surface area contributed by atoms with E-state index >= 15 is 0 Å². The van der Waals surface area contributed by atoms with E-state index in [0.29, 0.717) is 3.57 Å². The van der Waals surface area contributed by atoms with Crippen molar-refractivity contribution < 1.29 is 33.3 Å². The van der Waals surface area contributed by atoms with Crippen molar-refractivity contribution in [1.82, 2.24) is 0 Å². The summed E-state index contributed by atoms with van der Waals surface area (Å²) in [5.74, 6) is -8.19. The molecule has 98 valence electrons. The third-order valence-corrected chi connectivity index (χ3v) is 2.55. The Morgan fingerprint density at radius 2 is 2.00 bits per heavy atom. The van der Waals surface area contributed by atoms with Crippen LogP contribution in [0.4, 0.5) is 8.78 Å². The summed E-state index contributed by atoms with van der Waals surface area (Å²) in [7, 11) is 0. The minimum absolute atomic E-state index is 0.303. The Bertz CT molecular complexity index is 489. The largest absolute Gasteiger partial charge is 0.507 e. The number of halogens is 3. The van der Waals surface area contributed by atoms with Gasteiger partial charge in [-0.3, -0.25) is 0 Å². The molecule has 0 spiro atoms. The van der Waals surface area contributed by atoms with E-state index in [1.807, 2.05) is 22.6 Å². The molecule has 0 radical (unpaired) electrons. The Hall–Kier alpha value is -1.45. The van der Waals surface area contributed by atoms with Crippen LogP contribution in [-0.4, -0.2) is 34.7 Å². The third kappa shape index (κ3) is 3.52. The number of aromatic hydroxyl groups is 1. The van der Waals surface area contributed by atoms with Gasteiger partial charge in [-0.2, -0.15) is 8.78 Å². The number of aliphatic carboxylic acids is 1. The summed E-state index contributed by atoms with van der Waals surface area (Å²) in [4.78, 5) is 21.5. The molecular formula is C10H7F2IO5. The summed E-state index contributed by atoms with van der Waals surface area (Å²) in [5, 5.41) is 17.5. The summed E-state index contributed by atoms with van der Waals surface area (Å²) in [6.07, 6.45) is 0. The molecule has 8 heteroatoms. The minimum Gasteiger partial charge on any atom is -0.507 e. The van der Waals surface area contributed by atoms with Crippen LogP contribution in [-0.2, 0) is 9.53 Å². The molecule has 18 heavy (non-hydrogen) atoms. The second-order valence-electron chi connectivity index (χ2n) is 3.25. The first-order chi connectivity index (χ1) is 8.24. The topological polar surface area (TPSA) is 83.8 Å². The highest BCUT2D eigenvalue weighted by atomic mass is 127. The molecule has 0 fully saturated rings. The van der Waals surface area contributed by atoms with Gasteiger partial charge in [0.05, 0.1) is 0 Å². The molecule has 0 bridgehead atoms. The summed E-state index contributed by atoms with van der Waals surface area (Å²) in [6.45, 7) is -1.59. The number of hydrogen-bond acceptors (Lipinski definition) is 4. The van der Waals surface area contributed by atoms with Crippen molar-refractivity contribution in [1.29, 1.82) is 0 Å². The molecule has 0 aliphatic carbocycles. The number of carbonyl (C=O) groups excluding carboxylic acids is 1. The molecular weight excluding hydrogens is 365 g/mol. The molecule has 0 aliphatic rings. The SMILES string of the molecule is O=C(OCC(F)(F)C(=O)O)c1cc(I)ccc1O. The zero-order chi connectivity index (χ0) is 13.9. The molecule has 0 unspecified atom stereocenters. The maximum atomic E-state index is 12.7. The van der Waals surface area contributed by atoms with Gasteiger partial charge < -0.3 is 14.9 Å². The van der Waals surface area contributed by atoms with Crippen molar-refractivity contribution in [3.05, 3.63) is 27.3 Å². The first-order valence-electron chi connectivity index (χ1n) is 4.51. The Labute approximate surface area is 114 Å². The molecule has 5 nitrogen and oxygen atoms in total. The zero-order valence-electron chi connectivity index (χ0n) is 8.69. The van der Waals surface area contributed by atoms with Crippen LogP contribution in [0, 0.1) is 3.57 Å². The van der Waals surface area contributed by atoms with Gasteiger partial charge in [0.15, 0.2) is 6.61 Å². The standard InChI is InChI=1S/C10H7F2IO5/c11-10(12,9(16)17)4-18-8(15)6-3-5(13)1-2-7(6)14/h1-3,14H,4H2,(H,16,17). The van der Waals surface area contributed by atoms with E-state index in [0.717, 1.165) is 0 Å². The number of carbonyl (C=O) groups is 2. The minimum atomic E-state index is -4.16. The van der Waals surface area contributed by atoms with Gasteiger partial charge in [0, 0.05) is 3.57 Å². The fraction of sp³-hybridized carbons (Fsp3) is 0.200. The van der Waals surface area contributed by atoms with Crippen LogP contribution in [0.1, 0.15) is 10.4 Å². The lowest BCUT2D eigenvalue weighted by Gasteiger charge is -2.12. The second-order valence-corrected chi connectivity index (χ2v) is 4.49. The van der Waals surface area contributed by atoms with E-state index < -0.39 is 30.2 Å². The maximum Gasteiger partial charge on any atom is 0.378 e. The van der Waals surface area contributed by atoms with E-state index in [4.69, 9.17) is 5.11 Å². The number of phenols is 1. The van der Waals surface area contributed by atoms with Gasteiger partial charge >= 0.3 is 17.9 Å². The Kier molecular flexibility index (Phi) is 4.43. The van der Waals surface area contributed by atoms with Crippen LogP contribution in [0.3, 0.4) is 0 Å². The van der Waals surface area contributed by atoms with Gasteiger partial charge in [-0.25, -0.2) is 9.59 Å². The molecule has 0 aliphatic heterocycles. The van der Waals surface area contributed by atoms with Gasteiger partial charge in [-0.1, -0.05) is 0 Å². The lowest BCUT2D eigenvalue weighted by atomic mass is 10.2. The monoisotopic (exact) mass is 372 g/mol. The highest BCUT2D eigenvalue weighted by Gasteiger charge is 2.40. The molecule has 1 aromatic carbocycles. The van der Waals surface area contributed by atoms with Gasteiger partial charge in [0.2, 0.25) is 0 Å². The fourth-order valence-corrected chi connectivity index (χ4v) is 1.46. The van der Waals surface area contributed by atoms with Crippen molar-refractivity contribution in [3.8, 4) is 5.75 Å². The number of phenolic OH excluding ortho intramolecular Hbond substituents is 1. The van der Waals surface area contributed by atoms with Gasteiger partial charge in [0.25, 0.3) is 0 Å². The number of carboxylic acids is 1. The lowest BCUT2D eigenvalue weighted by Crippen LogP contribution is -2.34. The number of esters is 1. The van der Waals surface area contributed by atoms with Crippen molar-refractivity contribution >= 4 is 34.5 Å². The normalized spacial score (nSPS) is 11.1. The van der Waals surface area contributed by atoms with Crippen LogP contribution in [0.25, 0.3) is 0 Å². The number of carboxylic acid groups (broad SMARTS) is 1. The average Bonchev–Trinajstić information content (AvgIpc) is 2.29. The first-order valence-corrected chi connectivity index (χ1v) is 5.59. The van der Waals surface area contributed by atoms with Crippen LogP contribution < -0.4 is 0 Å². The molecule has 2 N–H and O–H groups in total. The summed E-state index contributed by atoms with van der Waals surface area (Å²) in [5.41, 5.74) is -0.303. The molecule has 0 saturated carbocycles. The summed E-state index contributed by atoms with van der Waals surface area (Å²) >= 11 is 1.85. The van der Waals surface area contributed by atoms with Crippen molar-refractivity contribution in [2.45, 2.75) is 5.92 Å². The molecule has 0 atom stereocenters. The first kappa shape index (κ1) is 14.6. The van der Waals surface area contributed by atoms with E-state index in [-0.39, 0.29) is 5.56 Å². The van der Waals surface area contributed by atoms with Crippen molar-refractivity contribution in [3.63, 3.8) is 0 Å². The predicted octanol–water partition coefficient (Wildman–Crippen LogP) is 1.87. The summed E-state index contributed by atoms with van der Waals surface area (Å²) in [6, 6.07) is 3.93. The number of alkyl halides is 2. The quantitative estimate of drug-likeness (QED) is 0.623. The number of hydrogen-bond donors (Lipinski definition) is 2. The van der Waals surface area contributed by atoms with Gasteiger partial charge in [0.1, 0.15) is 11.3 Å². The third-order valence-electron chi connectivity index (χ3n) is 1.88. The number of benzene rings is 1. The van der Waals surface area contributed by atoms with E-state index in [2.05, 4.69) is 4.74 Å². The van der Waals surface area contributed by atoms with Crippen molar-refractivity contribution in [2.75, 3.05) is 6.61 Å². The molecule has 0 saturated heterocycles. The summed E-state index contributed by atoms with van der Waals surface area (Å²) < 4.78 is 30.1. The lowest BCUT2D eigenvalue weighted by molar-refractivity contribution is -0.170. The molecule has 0 aromatic heterocycles. The van der Waals surface area contributed by atoms with Crippen LogP contribution in [0.2, 0.25) is 0 Å². The highest BCUT2D eigenvalue weighted by molar-refractivity contribution is 14.1. The van der Waals surface area contributed by atoms with Crippen LogP contribution in [0.15, 0.2) is 18.2 Å². The van der Waals surface area contributed by atoms with E-state index in [1.54, 1.807) is 0 Å². The molecule has 1 aromatic rings. The number of rotatable bonds is 4.